The van der Waals surface area contributed by atoms with Gasteiger partial charge in [-0.2, -0.15) is 5.21 Å². The van der Waals surface area contributed by atoms with E-state index in [1.807, 2.05) is 0 Å². The number of nitrogens with zero attached hydrogens (tertiary/aromatic N) is 3. The molecule has 0 aliphatic heterocycles. The summed E-state index contributed by atoms with van der Waals surface area (Å²) >= 11 is 0. The molecule has 1 aromatic carbocycles. The second-order valence-electron chi connectivity index (χ2n) is 3.82. The van der Waals surface area contributed by atoms with E-state index in [-0.39, 0.29) is 17.1 Å². The third-order valence-corrected chi connectivity index (χ3v) is 2.43. The van der Waals surface area contributed by atoms with E-state index in [1.54, 1.807) is 6.92 Å². The Morgan fingerprint density at radius 2 is 2.11 bits per heavy atom. The van der Waals surface area contributed by atoms with Crippen LogP contribution in [0.15, 0.2) is 12.1 Å². The summed E-state index contributed by atoms with van der Waals surface area (Å²) in [6.45, 7) is 1.61. The number of halogens is 2. The number of hydrogen-bond acceptors (Lipinski definition) is 5. The standard InChI is InChI=1S/C10H10F2N6O/c1-4(9-15-17-18-16-9)14-10(19)5-2-6(11)7(12)3-8(5)13/h2-4H,13H2,1H3,(H,14,19)(H,15,16,17,18). The Morgan fingerprint density at radius 1 is 1.42 bits per heavy atom. The fourth-order valence-corrected chi connectivity index (χ4v) is 1.45. The average molecular weight is 268 g/mol. The Bertz CT molecular complexity index is 600. The quantitative estimate of drug-likeness (QED) is 0.704. The topological polar surface area (TPSA) is 110 Å². The number of amides is 1. The molecule has 100 valence electrons. The van der Waals surface area contributed by atoms with Gasteiger partial charge in [0.05, 0.1) is 11.6 Å². The van der Waals surface area contributed by atoms with E-state index in [2.05, 4.69) is 25.9 Å². The van der Waals surface area contributed by atoms with Gasteiger partial charge in [-0.3, -0.25) is 4.79 Å². The van der Waals surface area contributed by atoms with Crippen LogP contribution >= 0.6 is 0 Å². The van der Waals surface area contributed by atoms with Gasteiger partial charge in [0.1, 0.15) is 0 Å². The Hall–Kier alpha value is -2.58. The first kappa shape index (κ1) is 12.9. The van der Waals surface area contributed by atoms with Gasteiger partial charge in [-0.1, -0.05) is 5.21 Å². The van der Waals surface area contributed by atoms with Crippen molar-refractivity contribution in [2.24, 2.45) is 0 Å². The van der Waals surface area contributed by atoms with Crippen LogP contribution in [0.3, 0.4) is 0 Å². The summed E-state index contributed by atoms with van der Waals surface area (Å²) in [5.41, 5.74) is 5.15. The maximum Gasteiger partial charge on any atom is 0.254 e. The van der Waals surface area contributed by atoms with E-state index >= 15 is 0 Å². The fraction of sp³-hybridized carbons (Fsp3) is 0.200. The van der Waals surface area contributed by atoms with Crippen molar-refractivity contribution in [2.75, 3.05) is 5.73 Å². The van der Waals surface area contributed by atoms with Gasteiger partial charge < -0.3 is 11.1 Å². The molecule has 0 saturated carbocycles. The van der Waals surface area contributed by atoms with E-state index in [9.17, 15) is 13.6 Å². The average Bonchev–Trinajstić information content (AvgIpc) is 2.87. The molecule has 0 spiro atoms. The van der Waals surface area contributed by atoms with Crippen LogP contribution < -0.4 is 11.1 Å². The number of aromatic nitrogens is 4. The van der Waals surface area contributed by atoms with E-state index in [4.69, 9.17) is 5.73 Å². The van der Waals surface area contributed by atoms with Crippen molar-refractivity contribution in [3.63, 3.8) is 0 Å². The summed E-state index contributed by atoms with van der Waals surface area (Å²) in [7, 11) is 0. The molecule has 2 rings (SSSR count). The van der Waals surface area contributed by atoms with Crippen molar-refractivity contribution in [3.8, 4) is 0 Å². The van der Waals surface area contributed by atoms with Gasteiger partial charge in [0, 0.05) is 11.8 Å². The van der Waals surface area contributed by atoms with Crippen LogP contribution in [0.2, 0.25) is 0 Å². The zero-order chi connectivity index (χ0) is 14.0. The Kier molecular flexibility index (Phi) is 3.36. The number of tetrazole rings is 1. The maximum absolute atomic E-state index is 13.1. The Morgan fingerprint density at radius 3 is 2.74 bits per heavy atom. The van der Waals surface area contributed by atoms with Crippen LogP contribution in [-0.2, 0) is 0 Å². The zero-order valence-electron chi connectivity index (χ0n) is 9.82. The summed E-state index contributed by atoms with van der Waals surface area (Å²) in [6, 6.07) is 0.936. The van der Waals surface area contributed by atoms with Gasteiger partial charge in [0.2, 0.25) is 0 Å². The van der Waals surface area contributed by atoms with Gasteiger partial charge in [-0.25, -0.2) is 8.78 Å². The lowest BCUT2D eigenvalue weighted by atomic mass is 10.1. The monoisotopic (exact) mass is 268 g/mol. The maximum atomic E-state index is 13.1. The third-order valence-electron chi connectivity index (χ3n) is 2.43. The number of anilines is 1. The minimum Gasteiger partial charge on any atom is -0.398 e. The lowest BCUT2D eigenvalue weighted by molar-refractivity contribution is 0.0938. The number of carbonyl (C=O) groups is 1. The molecule has 1 heterocycles. The van der Waals surface area contributed by atoms with E-state index < -0.39 is 23.6 Å². The first-order chi connectivity index (χ1) is 8.99. The second-order valence-corrected chi connectivity index (χ2v) is 3.82. The minimum atomic E-state index is -1.15. The number of aromatic amines is 1. The predicted octanol–water partition coefficient (Wildman–Crippen LogP) is 0.551. The number of hydrogen-bond donors (Lipinski definition) is 3. The molecule has 0 fully saturated rings. The summed E-state index contributed by atoms with van der Waals surface area (Å²) in [5.74, 6) is -2.66. The molecule has 1 atom stereocenters. The lowest BCUT2D eigenvalue weighted by Gasteiger charge is -2.11. The van der Waals surface area contributed by atoms with Gasteiger partial charge in [-0.15, -0.1) is 10.2 Å². The first-order valence-corrected chi connectivity index (χ1v) is 5.27. The largest absolute Gasteiger partial charge is 0.398 e. The van der Waals surface area contributed by atoms with Gasteiger partial charge in [0.25, 0.3) is 5.91 Å². The van der Waals surface area contributed by atoms with Gasteiger partial charge >= 0.3 is 0 Å². The zero-order valence-corrected chi connectivity index (χ0v) is 9.82. The fourth-order valence-electron chi connectivity index (χ4n) is 1.45. The highest BCUT2D eigenvalue weighted by atomic mass is 19.2. The van der Waals surface area contributed by atoms with Gasteiger partial charge in [-0.05, 0) is 13.0 Å². The highest BCUT2D eigenvalue weighted by Gasteiger charge is 2.18. The van der Waals surface area contributed by atoms with Crippen LogP contribution in [0.4, 0.5) is 14.5 Å². The summed E-state index contributed by atoms with van der Waals surface area (Å²) in [4.78, 5) is 11.9. The molecule has 0 bridgehead atoms. The molecule has 0 saturated heterocycles. The van der Waals surface area contributed by atoms with E-state index in [0.717, 1.165) is 12.1 Å². The second kappa shape index (κ2) is 4.96. The summed E-state index contributed by atoms with van der Waals surface area (Å²) in [5, 5.41) is 15.5. The Labute approximate surface area is 106 Å². The molecule has 1 aromatic heterocycles. The SMILES string of the molecule is CC(NC(=O)c1cc(F)c(F)cc1N)c1nn[nH]n1. The number of rotatable bonds is 3. The predicted molar refractivity (Wildman–Crippen MR) is 60.8 cm³/mol. The number of benzene rings is 1. The number of nitrogen functional groups attached to an aromatic ring is 1. The molecular formula is C10H10F2N6O. The molecule has 9 heteroatoms. The molecule has 1 amide bonds. The van der Waals surface area contributed by atoms with Crippen LogP contribution in [0, 0.1) is 11.6 Å². The number of nitrogens with one attached hydrogen (secondary N) is 2. The van der Waals surface area contributed by atoms with Crippen molar-refractivity contribution in [3.05, 3.63) is 35.2 Å². The molecule has 0 aliphatic carbocycles. The summed E-state index contributed by atoms with van der Waals surface area (Å²) in [6.07, 6.45) is 0. The molecule has 0 radical (unpaired) electrons. The molecule has 19 heavy (non-hydrogen) atoms. The highest BCUT2D eigenvalue weighted by molar-refractivity contribution is 5.99. The smallest absolute Gasteiger partial charge is 0.254 e. The molecule has 4 N–H and O–H groups in total. The van der Waals surface area contributed by atoms with E-state index in [1.165, 1.54) is 0 Å². The molecule has 2 aromatic rings. The Balaban J connectivity index is 2.19. The highest BCUT2D eigenvalue weighted by Crippen LogP contribution is 2.18. The van der Waals surface area contributed by atoms with Crippen molar-refractivity contribution in [1.82, 2.24) is 25.9 Å². The van der Waals surface area contributed by atoms with Crippen molar-refractivity contribution < 1.29 is 13.6 Å². The third kappa shape index (κ3) is 2.64. The number of H-pyrrole nitrogens is 1. The van der Waals surface area contributed by atoms with Crippen molar-refractivity contribution in [1.29, 1.82) is 0 Å². The molecular weight excluding hydrogens is 258 g/mol. The van der Waals surface area contributed by atoms with Gasteiger partial charge in [0.15, 0.2) is 17.5 Å². The van der Waals surface area contributed by atoms with Crippen LogP contribution in [0.25, 0.3) is 0 Å². The normalized spacial score (nSPS) is 12.2. The van der Waals surface area contributed by atoms with Crippen LogP contribution in [0.5, 0.6) is 0 Å². The van der Waals surface area contributed by atoms with Crippen molar-refractivity contribution in [2.45, 2.75) is 13.0 Å². The number of carbonyl (C=O) groups excluding carboxylic acids is 1. The lowest BCUT2D eigenvalue weighted by Crippen LogP contribution is -2.28. The number of nitrogens with two attached hydrogens (primary N) is 1. The van der Waals surface area contributed by atoms with Crippen molar-refractivity contribution >= 4 is 11.6 Å². The molecule has 7 nitrogen and oxygen atoms in total. The molecule has 1 unspecified atom stereocenters. The van der Waals surface area contributed by atoms with Crippen LogP contribution in [0.1, 0.15) is 29.1 Å². The minimum absolute atomic E-state index is 0.156. The first-order valence-electron chi connectivity index (χ1n) is 5.27. The summed E-state index contributed by atoms with van der Waals surface area (Å²) < 4.78 is 26.0. The molecule has 0 aliphatic rings. The van der Waals surface area contributed by atoms with Crippen LogP contribution in [-0.4, -0.2) is 26.5 Å². The van der Waals surface area contributed by atoms with E-state index in [0.29, 0.717) is 0 Å².